The van der Waals surface area contributed by atoms with Crippen molar-refractivity contribution >= 4 is 17.4 Å². The molecule has 0 bridgehead atoms. The molecule has 1 rings (SSSR count). The van der Waals surface area contributed by atoms with Crippen LogP contribution in [0.3, 0.4) is 0 Å². The predicted molar refractivity (Wildman–Crippen MR) is 98.4 cm³/mol. The van der Waals surface area contributed by atoms with Crippen LogP contribution in [0.2, 0.25) is 0 Å². The maximum Gasteiger partial charge on any atom is 0.229 e. The Morgan fingerprint density at radius 3 is 2.40 bits per heavy atom. The summed E-state index contributed by atoms with van der Waals surface area (Å²) in [5.74, 6) is -1.26. The maximum absolute atomic E-state index is 14.5. The SMILES string of the molecule is CCCCC(COC)C(=O)c1cc(C)c(NC(=O)C(C)(C)C)c(F)c1. The number of rotatable bonds is 8. The van der Waals surface area contributed by atoms with Crippen LogP contribution in [-0.2, 0) is 9.53 Å². The van der Waals surface area contributed by atoms with Crippen molar-refractivity contribution in [3.63, 3.8) is 0 Å². The molecule has 0 aliphatic heterocycles. The summed E-state index contributed by atoms with van der Waals surface area (Å²) in [7, 11) is 1.56. The Hall–Kier alpha value is -1.75. The average molecular weight is 351 g/mol. The van der Waals surface area contributed by atoms with Gasteiger partial charge in [-0.1, -0.05) is 40.5 Å². The molecule has 1 amide bonds. The van der Waals surface area contributed by atoms with Crippen LogP contribution in [0.25, 0.3) is 0 Å². The first kappa shape index (κ1) is 21.3. The number of hydrogen-bond acceptors (Lipinski definition) is 3. The van der Waals surface area contributed by atoms with E-state index in [0.717, 1.165) is 12.8 Å². The number of unbranched alkanes of at least 4 members (excludes halogenated alkanes) is 1. The number of halogens is 1. The second-order valence-corrected chi connectivity index (χ2v) is 7.51. The first-order valence-corrected chi connectivity index (χ1v) is 8.76. The number of carbonyl (C=O) groups excluding carboxylic acids is 2. The lowest BCUT2D eigenvalue weighted by molar-refractivity contribution is -0.123. The van der Waals surface area contributed by atoms with Gasteiger partial charge in [-0.25, -0.2) is 4.39 Å². The molecule has 1 aromatic carbocycles. The highest BCUT2D eigenvalue weighted by Crippen LogP contribution is 2.26. The molecule has 0 aromatic heterocycles. The van der Waals surface area contributed by atoms with Gasteiger partial charge in [-0.15, -0.1) is 0 Å². The van der Waals surface area contributed by atoms with E-state index in [1.807, 2.05) is 0 Å². The lowest BCUT2D eigenvalue weighted by Crippen LogP contribution is -2.28. The van der Waals surface area contributed by atoms with E-state index in [9.17, 15) is 14.0 Å². The third-order valence-electron chi connectivity index (χ3n) is 4.14. The van der Waals surface area contributed by atoms with Gasteiger partial charge in [0.1, 0.15) is 5.82 Å². The number of anilines is 1. The molecule has 5 heteroatoms. The minimum absolute atomic E-state index is 0.119. The number of ether oxygens (including phenoxy) is 1. The zero-order chi connectivity index (χ0) is 19.2. The van der Waals surface area contributed by atoms with Gasteiger partial charge in [-0.2, -0.15) is 0 Å². The summed E-state index contributed by atoms with van der Waals surface area (Å²) >= 11 is 0. The van der Waals surface area contributed by atoms with E-state index >= 15 is 0 Å². The first-order chi connectivity index (χ1) is 11.6. The Labute approximate surface area is 150 Å². The third-order valence-corrected chi connectivity index (χ3v) is 4.14. The van der Waals surface area contributed by atoms with Gasteiger partial charge in [-0.05, 0) is 31.0 Å². The maximum atomic E-state index is 14.5. The minimum atomic E-state index is -0.628. The van der Waals surface area contributed by atoms with Crippen LogP contribution in [-0.4, -0.2) is 25.4 Å². The van der Waals surface area contributed by atoms with Gasteiger partial charge in [0.25, 0.3) is 0 Å². The second-order valence-electron chi connectivity index (χ2n) is 7.51. The van der Waals surface area contributed by atoms with Crippen molar-refractivity contribution in [2.24, 2.45) is 11.3 Å². The van der Waals surface area contributed by atoms with Crippen LogP contribution in [0, 0.1) is 24.1 Å². The Bertz CT molecular complexity index is 597. The summed E-state index contributed by atoms with van der Waals surface area (Å²) in [4.78, 5) is 24.8. The van der Waals surface area contributed by atoms with Crippen molar-refractivity contribution < 1.29 is 18.7 Å². The molecule has 0 aliphatic rings. The van der Waals surface area contributed by atoms with Crippen LogP contribution in [0.15, 0.2) is 12.1 Å². The molecule has 0 saturated heterocycles. The van der Waals surface area contributed by atoms with Crippen LogP contribution in [0.1, 0.15) is 62.9 Å². The highest BCUT2D eigenvalue weighted by atomic mass is 19.1. The standard InChI is InChI=1S/C20H30FNO3/c1-7-8-9-14(12-25-6)18(23)15-10-13(2)17(16(21)11-15)22-19(24)20(3,4)5/h10-11,14H,7-9,12H2,1-6H3,(H,22,24). The molecule has 0 spiro atoms. The smallest absolute Gasteiger partial charge is 0.229 e. The minimum Gasteiger partial charge on any atom is -0.384 e. The van der Waals surface area contributed by atoms with Gasteiger partial charge in [0, 0.05) is 24.0 Å². The summed E-state index contributed by atoms with van der Waals surface area (Å²) in [6.45, 7) is 9.35. The van der Waals surface area contributed by atoms with Crippen molar-refractivity contribution in [1.82, 2.24) is 0 Å². The van der Waals surface area contributed by atoms with E-state index in [1.54, 1.807) is 40.9 Å². The largest absolute Gasteiger partial charge is 0.384 e. The molecule has 0 heterocycles. The number of Topliss-reactive ketones (excluding diaryl/α,β-unsaturated/α-hetero) is 1. The molecule has 0 saturated carbocycles. The van der Waals surface area contributed by atoms with E-state index in [1.165, 1.54) is 6.07 Å². The molecule has 0 fully saturated rings. The molecule has 140 valence electrons. The molecular formula is C20H30FNO3. The number of hydrogen-bond donors (Lipinski definition) is 1. The lowest BCUT2D eigenvalue weighted by Gasteiger charge is -2.20. The summed E-state index contributed by atoms with van der Waals surface area (Å²) < 4.78 is 19.7. The van der Waals surface area contributed by atoms with Gasteiger partial charge in [0.15, 0.2) is 5.78 Å². The van der Waals surface area contributed by atoms with Crippen LogP contribution >= 0.6 is 0 Å². The van der Waals surface area contributed by atoms with Gasteiger partial charge < -0.3 is 10.1 Å². The highest BCUT2D eigenvalue weighted by molar-refractivity contribution is 6.00. The summed E-state index contributed by atoms with van der Waals surface area (Å²) in [5.41, 5.74) is 0.361. The second kappa shape index (κ2) is 9.09. The zero-order valence-electron chi connectivity index (χ0n) is 16.2. The number of ketones is 1. The van der Waals surface area contributed by atoms with E-state index < -0.39 is 11.2 Å². The molecule has 0 radical (unpaired) electrons. The van der Waals surface area contributed by atoms with E-state index in [0.29, 0.717) is 24.2 Å². The van der Waals surface area contributed by atoms with Gasteiger partial charge in [0.2, 0.25) is 5.91 Å². The number of methoxy groups -OCH3 is 1. The summed E-state index contributed by atoms with van der Waals surface area (Å²) in [5, 5.41) is 2.62. The molecule has 1 atom stereocenters. The number of aryl methyl sites for hydroxylation is 1. The monoisotopic (exact) mass is 351 g/mol. The fraction of sp³-hybridized carbons (Fsp3) is 0.600. The predicted octanol–water partition coefficient (Wildman–Crippen LogP) is 4.75. The lowest BCUT2D eigenvalue weighted by atomic mass is 9.91. The average Bonchev–Trinajstić information content (AvgIpc) is 2.52. The molecule has 1 N–H and O–H groups in total. The van der Waals surface area contributed by atoms with Gasteiger partial charge >= 0.3 is 0 Å². The number of benzene rings is 1. The van der Waals surface area contributed by atoms with Crippen molar-refractivity contribution in [3.8, 4) is 0 Å². The van der Waals surface area contributed by atoms with Crippen LogP contribution < -0.4 is 5.32 Å². The third kappa shape index (κ3) is 5.92. The molecule has 0 aliphatic carbocycles. The molecule has 25 heavy (non-hydrogen) atoms. The Morgan fingerprint density at radius 1 is 1.28 bits per heavy atom. The Morgan fingerprint density at radius 2 is 1.92 bits per heavy atom. The highest BCUT2D eigenvalue weighted by Gasteiger charge is 2.25. The number of amides is 1. The Balaban J connectivity index is 3.07. The number of nitrogens with one attached hydrogen (secondary N) is 1. The van der Waals surface area contributed by atoms with Gasteiger partial charge in [-0.3, -0.25) is 9.59 Å². The Kier molecular flexibility index (Phi) is 7.74. The van der Waals surface area contributed by atoms with E-state index in [4.69, 9.17) is 4.74 Å². The quantitative estimate of drug-likeness (QED) is 0.687. The molecule has 4 nitrogen and oxygen atoms in total. The topological polar surface area (TPSA) is 55.4 Å². The normalized spacial score (nSPS) is 12.8. The van der Waals surface area contributed by atoms with Crippen molar-refractivity contribution in [2.75, 3.05) is 19.0 Å². The summed E-state index contributed by atoms with van der Waals surface area (Å²) in [6.07, 6.45) is 2.62. The van der Waals surface area contributed by atoms with Crippen molar-refractivity contribution in [1.29, 1.82) is 0 Å². The first-order valence-electron chi connectivity index (χ1n) is 8.76. The molecule has 1 aromatic rings. The molecular weight excluding hydrogens is 321 g/mol. The van der Waals surface area contributed by atoms with E-state index in [-0.39, 0.29) is 23.3 Å². The van der Waals surface area contributed by atoms with E-state index in [2.05, 4.69) is 12.2 Å². The van der Waals surface area contributed by atoms with Crippen molar-refractivity contribution in [2.45, 2.75) is 53.9 Å². The number of carbonyl (C=O) groups is 2. The zero-order valence-corrected chi connectivity index (χ0v) is 16.2. The summed E-state index contributed by atoms with van der Waals surface area (Å²) in [6, 6.07) is 2.85. The van der Waals surface area contributed by atoms with Crippen LogP contribution in [0.4, 0.5) is 10.1 Å². The molecule has 1 unspecified atom stereocenters. The fourth-order valence-electron chi connectivity index (χ4n) is 2.52. The van der Waals surface area contributed by atoms with Crippen LogP contribution in [0.5, 0.6) is 0 Å². The van der Waals surface area contributed by atoms with Crippen molar-refractivity contribution in [3.05, 3.63) is 29.1 Å². The van der Waals surface area contributed by atoms with Gasteiger partial charge in [0.05, 0.1) is 12.3 Å². The fourth-order valence-corrected chi connectivity index (χ4v) is 2.52.